The number of amides is 1. The standard InChI is InChI=1S/C10H7N3O/c14-9-5-8-10(13-9)12-7-4-2-1-3-6(7)11-8/h1-4H,5H2,(H,12,13,14). The van der Waals surface area contributed by atoms with Crippen LogP contribution in [0, 0.1) is 0 Å². The summed E-state index contributed by atoms with van der Waals surface area (Å²) in [6, 6.07) is 7.59. The summed E-state index contributed by atoms with van der Waals surface area (Å²) in [6.07, 6.45) is 0.340. The summed E-state index contributed by atoms with van der Waals surface area (Å²) in [6.45, 7) is 0. The molecule has 0 saturated heterocycles. The third-order valence-corrected chi connectivity index (χ3v) is 2.23. The molecular weight excluding hydrogens is 178 g/mol. The third-order valence-electron chi connectivity index (χ3n) is 2.23. The number of nitrogens with one attached hydrogen (secondary N) is 1. The van der Waals surface area contributed by atoms with Crippen molar-refractivity contribution >= 4 is 22.8 Å². The van der Waals surface area contributed by atoms with Crippen LogP contribution in [0.15, 0.2) is 24.3 Å². The molecule has 3 rings (SSSR count). The van der Waals surface area contributed by atoms with Gasteiger partial charge in [-0.2, -0.15) is 0 Å². The number of aromatic nitrogens is 2. The summed E-state index contributed by atoms with van der Waals surface area (Å²) in [4.78, 5) is 19.8. The number of hydrogen-bond acceptors (Lipinski definition) is 3. The smallest absolute Gasteiger partial charge is 0.231 e. The zero-order valence-corrected chi connectivity index (χ0v) is 7.32. The molecule has 0 unspecified atom stereocenters. The van der Waals surface area contributed by atoms with E-state index in [0.29, 0.717) is 12.2 Å². The number of benzene rings is 1. The highest BCUT2D eigenvalue weighted by Crippen LogP contribution is 2.21. The maximum absolute atomic E-state index is 11.1. The summed E-state index contributed by atoms with van der Waals surface area (Å²) in [5.74, 6) is 0.573. The molecule has 1 aromatic carbocycles. The van der Waals surface area contributed by atoms with Crippen LogP contribution in [0.4, 0.5) is 5.82 Å². The van der Waals surface area contributed by atoms with Gasteiger partial charge in [0.25, 0.3) is 0 Å². The quantitative estimate of drug-likeness (QED) is 0.669. The van der Waals surface area contributed by atoms with Crippen LogP contribution in [0.5, 0.6) is 0 Å². The first-order valence-corrected chi connectivity index (χ1v) is 4.38. The molecule has 0 bridgehead atoms. The van der Waals surface area contributed by atoms with Crippen molar-refractivity contribution in [1.29, 1.82) is 0 Å². The molecule has 1 aromatic heterocycles. The monoisotopic (exact) mass is 185 g/mol. The molecular formula is C10H7N3O. The Morgan fingerprint density at radius 1 is 1.14 bits per heavy atom. The Bertz CT molecular complexity index is 489. The predicted molar refractivity (Wildman–Crippen MR) is 51.9 cm³/mol. The van der Waals surface area contributed by atoms with Crippen molar-refractivity contribution in [1.82, 2.24) is 9.97 Å². The lowest BCUT2D eigenvalue weighted by atomic mass is 10.3. The molecule has 1 N–H and O–H groups in total. The Balaban J connectivity index is 2.31. The van der Waals surface area contributed by atoms with Crippen LogP contribution in [-0.4, -0.2) is 15.9 Å². The fourth-order valence-electron chi connectivity index (χ4n) is 1.59. The van der Waals surface area contributed by atoms with Crippen LogP contribution in [0.1, 0.15) is 5.69 Å². The lowest BCUT2D eigenvalue weighted by Gasteiger charge is -1.99. The zero-order chi connectivity index (χ0) is 9.54. The fraction of sp³-hybridized carbons (Fsp3) is 0.100. The Kier molecular flexibility index (Phi) is 1.33. The van der Waals surface area contributed by atoms with E-state index in [2.05, 4.69) is 15.3 Å². The number of para-hydroxylation sites is 2. The Hall–Kier alpha value is -1.97. The molecule has 4 heteroatoms. The second kappa shape index (κ2) is 2.51. The highest BCUT2D eigenvalue weighted by Gasteiger charge is 2.20. The molecule has 0 atom stereocenters. The van der Waals surface area contributed by atoms with Gasteiger partial charge in [0.15, 0.2) is 5.82 Å². The highest BCUT2D eigenvalue weighted by atomic mass is 16.1. The molecule has 0 aliphatic carbocycles. The average Bonchev–Trinajstić information content (AvgIpc) is 2.53. The lowest BCUT2D eigenvalue weighted by molar-refractivity contribution is -0.115. The maximum Gasteiger partial charge on any atom is 0.231 e. The highest BCUT2D eigenvalue weighted by molar-refractivity contribution is 5.98. The van der Waals surface area contributed by atoms with Crippen molar-refractivity contribution in [2.75, 3.05) is 5.32 Å². The topological polar surface area (TPSA) is 54.9 Å². The number of anilines is 1. The summed E-state index contributed by atoms with van der Waals surface area (Å²) >= 11 is 0. The number of rotatable bonds is 0. The van der Waals surface area contributed by atoms with Gasteiger partial charge in [0.2, 0.25) is 5.91 Å². The predicted octanol–water partition coefficient (Wildman–Crippen LogP) is 1.12. The van der Waals surface area contributed by atoms with Crippen LogP contribution < -0.4 is 5.32 Å². The van der Waals surface area contributed by atoms with Gasteiger partial charge >= 0.3 is 0 Å². The van der Waals surface area contributed by atoms with Crippen molar-refractivity contribution in [3.8, 4) is 0 Å². The van der Waals surface area contributed by atoms with Gasteiger partial charge in [-0.25, -0.2) is 9.97 Å². The minimum absolute atomic E-state index is 0.0321. The summed E-state index contributed by atoms with van der Waals surface area (Å²) in [7, 11) is 0. The van der Waals surface area contributed by atoms with Crippen molar-refractivity contribution in [2.45, 2.75) is 6.42 Å². The minimum Gasteiger partial charge on any atom is -0.309 e. The largest absolute Gasteiger partial charge is 0.309 e. The van der Waals surface area contributed by atoms with Gasteiger partial charge in [-0.05, 0) is 12.1 Å². The lowest BCUT2D eigenvalue weighted by Crippen LogP contribution is -2.04. The fourth-order valence-corrected chi connectivity index (χ4v) is 1.59. The number of carbonyl (C=O) groups excluding carboxylic acids is 1. The first-order valence-electron chi connectivity index (χ1n) is 4.38. The second-order valence-corrected chi connectivity index (χ2v) is 3.23. The van der Waals surface area contributed by atoms with E-state index >= 15 is 0 Å². The molecule has 1 aliphatic heterocycles. The van der Waals surface area contributed by atoms with Gasteiger partial charge in [0.1, 0.15) is 0 Å². The number of hydrogen-bond donors (Lipinski definition) is 1. The summed E-state index contributed by atoms with van der Waals surface area (Å²) in [5.41, 5.74) is 2.39. The van der Waals surface area contributed by atoms with Crippen LogP contribution in [0.25, 0.3) is 11.0 Å². The van der Waals surface area contributed by atoms with Crippen LogP contribution >= 0.6 is 0 Å². The SMILES string of the molecule is O=C1Cc2nc3ccccc3nc2N1. The maximum atomic E-state index is 11.1. The van der Waals surface area contributed by atoms with E-state index in [9.17, 15) is 4.79 Å². The van der Waals surface area contributed by atoms with Gasteiger partial charge < -0.3 is 5.32 Å². The van der Waals surface area contributed by atoms with Crippen LogP contribution in [0.3, 0.4) is 0 Å². The Morgan fingerprint density at radius 2 is 1.86 bits per heavy atom. The first-order chi connectivity index (χ1) is 6.83. The molecule has 0 saturated carbocycles. The van der Waals surface area contributed by atoms with Crippen LogP contribution in [-0.2, 0) is 11.2 Å². The van der Waals surface area contributed by atoms with E-state index in [1.54, 1.807) is 0 Å². The summed E-state index contributed by atoms with van der Waals surface area (Å²) in [5, 5.41) is 2.68. The number of carbonyl (C=O) groups is 1. The molecule has 0 fully saturated rings. The van der Waals surface area contributed by atoms with Crippen molar-refractivity contribution in [2.24, 2.45) is 0 Å². The van der Waals surface area contributed by atoms with E-state index in [-0.39, 0.29) is 5.91 Å². The first kappa shape index (κ1) is 7.44. The molecule has 0 radical (unpaired) electrons. The van der Waals surface area contributed by atoms with Gasteiger partial charge in [-0.3, -0.25) is 4.79 Å². The molecule has 0 spiro atoms. The zero-order valence-electron chi connectivity index (χ0n) is 7.32. The van der Waals surface area contributed by atoms with E-state index in [0.717, 1.165) is 16.7 Å². The normalized spacial score (nSPS) is 14.1. The molecule has 2 aromatic rings. The molecule has 1 amide bonds. The van der Waals surface area contributed by atoms with Gasteiger partial charge in [0.05, 0.1) is 23.1 Å². The molecule has 4 nitrogen and oxygen atoms in total. The van der Waals surface area contributed by atoms with Gasteiger partial charge in [-0.1, -0.05) is 12.1 Å². The minimum atomic E-state index is -0.0321. The molecule has 1 aliphatic rings. The second-order valence-electron chi connectivity index (χ2n) is 3.23. The molecule has 68 valence electrons. The van der Waals surface area contributed by atoms with E-state index in [4.69, 9.17) is 0 Å². The van der Waals surface area contributed by atoms with Gasteiger partial charge in [0, 0.05) is 0 Å². The molecule has 2 heterocycles. The van der Waals surface area contributed by atoms with E-state index < -0.39 is 0 Å². The number of nitrogens with zero attached hydrogens (tertiary/aromatic N) is 2. The Morgan fingerprint density at radius 3 is 2.64 bits per heavy atom. The van der Waals surface area contributed by atoms with Gasteiger partial charge in [-0.15, -0.1) is 0 Å². The third kappa shape index (κ3) is 0.970. The van der Waals surface area contributed by atoms with Crippen molar-refractivity contribution in [3.05, 3.63) is 30.0 Å². The molecule has 14 heavy (non-hydrogen) atoms. The van der Waals surface area contributed by atoms with Crippen LogP contribution in [0.2, 0.25) is 0 Å². The Labute approximate surface area is 80.0 Å². The number of fused-ring (bicyclic) bond motifs is 2. The summed E-state index contributed by atoms with van der Waals surface area (Å²) < 4.78 is 0. The van der Waals surface area contributed by atoms with Crippen molar-refractivity contribution < 1.29 is 4.79 Å². The van der Waals surface area contributed by atoms with E-state index in [1.165, 1.54) is 0 Å². The van der Waals surface area contributed by atoms with Crippen molar-refractivity contribution in [3.63, 3.8) is 0 Å². The van der Waals surface area contributed by atoms with E-state index in [1.807, 2.05) is 24.3 Å². The average molecular weight is 185 g/mol.